The lowest BCUT2D eigenvalue weighted by Gasteiger charge is -2.04. The summed E-state index contributed by atoms with van der Waals surface area (Å²) in [5.41, 5.74) is 2.74. The zero-order chi connectivity index (χ0) is 20.4. The summed E-state index contributed by atoms with van der Waals surface area (Å²) in [5.74, 6) is -0.624. The van der Waals surface area contributed by atoms with Gasteiger partial charge in [-0.25, -0.2) is 9.37 Å². The van der Waals surface area contributed by atoms with Crippen LogP contribution in [0.25, 0.3) is 0 Å². The molecule has 0 saturated carbocycles. The van der Waals surface area contributed by atoms with Crippen LogP contribution in [0, 0.1) is 12.7 Å². The molecule has 0 aliphatic carbocycles. The summed E-state index contributed by atoms with van der Waals surface area (Å²) in [6.45, 7) is 2.48. The van der Waals surface area contributed by atoms with Crippen molar-refractivity contribution >= 4 is 33.8 Å². The van der Waals surface area contributed by atoms with Crippen LogP contribution in [0.2, 0.25) is 5.02 Å². The Hall–Kier alpha value is -2.29. The second kappa shape index (κ2) is 8.38. The molecule has 2 aromatic heterocycles. The number of thiazole rings is 1. The highest BCUT2D eigenvalue weighted by molar-refractivity contribution is 7.16. The van der Waals surface area contributed by atoms with Crippen molar-refractivity contribution in [3.63, 3.8) is 0 Å². The normalized spacial score (nSPS) is 11.2. The van der Waals surface area contributed by atoms with Gasteiger partial charge >= 0.3 is 0 Å². The molecular formula is C19H21ClFN5OS. The maximum Gasteiger partial charge on any atom is 0.274 e. The Morgan fingerprint density at radius 3 is 2.75 bits per heavy atom. The van der Waals surface area contributed by atoms with Gasteiger partial charge in [0.2, 0.25) is 0 Å². The van der Waals surface area contributed by atoms with Crippen molar-refractivity contribution < 1.29 is 9.18 Å². The van der Waals surface area contributed by atoms with Gasteiger partial charge < -0.3 is 10.2 Å². The van der Waals surface area contributed by atoms with Gasteiger partial charge in [-0.15, -0.1) is 11.3 Å². The third kappa shape index (κ3) is 4.95. The molecule has 3 rings (SSSR count). The largest absolute Gasteiger partial charge is 0.311 e. The first-order valence-corrected chi connectivity index (χ1v) is 9.81. The van der Waals surface area contributed by atoms with Crippen LogP contribution in [-0.2, 0) is 20.0 Å². The molecule has 0 unspecified atom stereocenters. The molecule has 0 spiro atoms. The summed E-state index contributed by atoms with van der Waals surface area (Å²) >= 11 is 7.28. The molecule has 1 amide bonds. The van der Waals surface area contributed by atoms with Gasteiger partial charge in [0.15, 0.2) is 0 Å². The van der Waals surface area contributed by atoms with Crippen LogP contribution >= 0.6 is 22.9 Å². The third-order valence-electron chi connectivity index (χ3n) is 3.99. The molecule has 0 atom stereocenters. The molecule has 9 heteroatoms. The number of carbonyl (C=O) groups excluding carboxylic acids is 1. The van der Waals surface area contributed by atoms with Crippen LogP contribution < -0.4 is 5.32 Å². The maximum atomic E-state index is 13.5. The van der Waals surface area contributed by atoms with E-state index in [4.69, 9.17) is 11.6 Å². The summed E-state index contributed by atoms with van der Waals surface area (Å²) in [6.07, 6.45) is 0.442. The molecule has 0 radical (unpaired) electrons. The fourth-order valence-electron chi connectivity index (χ4n) is 2.84. The van der Waals surface area contributed by atoms with Crippen LogP contribution in [0.15, 0.2) is 24.3 Å². The lowest BCUT2D eigenvalue weighted by Crippen LogP contribution is -2.15. The van der Waals surface area contributed by atoms with Gasteiger partial charge in [0.1, 0.15) is 16.5 Å². The van der Waals surface area contributed by atoms with Gasteiger partial charge in [-0.2, -0.15) is 5.10 Å². The molecule has 0 bridgehead atoms. The zero-order valence-corrected chi connectivity index (χ0v) is 17.7. The van der Waals surface area contributed by atoms with Crippen molar-refractivity contribution in [3.05, 3.63) is 62.8 Å². The Labute approximate surface area is 172 Å². The SMILES string of the molecule is Cc1nc(Cc2cc(F)cc(Cl)c2)sc1NC(=O)c1cc(CN(C)C)nn1C. The van der Waals surface area contributed by atoms with Gasteiger partial charge in [-0.1, -0.05) is 11.6 Å². The topological polar surface area (TPSA) is 63.1 Å². The van der Waals surface area contributed by atoms with E-state index in [9.17, 15) is 9.18 Å². The van der Waals surface area contributed by atoms with Crippen LogP contribution in [0.1, 0.15) is 32.4 Å². The summed E-state index contributed by atoms with van der Waals surface area (Å²) in [4.78, 5) is 19.1. The van der Waals surface area contributed by atoms with Crippen LogP contribution in [0.3, 0.4) is 0 Å². The number of hydrogen-bond acceptors (Lipinski definition) is 5. The average Bonchev–Trinajstić information content (AvgIpc) is 3.08. The van der Waals surface area contributed by atoms with Crippen molar-refractivity contribution in [1.82, 2.24) is 19.7 Å². The first-order valence-electron chi connectivity index (χ1n) is 8.61. The molecule has 0 saturated heterocycles. The summed E-state index contributed by atoms with van der Waals surface area (Å²) in [7, 11) is 5.64. The summed E-state index contributed by atoms with van der Waals surface area (Å²) < 4.78 is 15.1. The summed E-state index contributed by atoms with van der Waals surface area (Å²) in [6, 6.07) is 6.19. The van der Waals surface area contributed by atoms with E-state index in [0.717, 1.165) is 16.3 Å². The minimum absolute atomic E-state index is 0.243. The number of rotatable bonds is 6. The number of amides is 1. The number of benzene rings is 1. The Morgan fingerprint density at radius 2 is 2.07 bits per heavy atom. The van der Waals surface area contributed by atoms with E-state index in [0.29, 0.717) is 34.4 Å². The number of hydrogen-bond donors (Lipinski definition) is 1. The standard InChI is InChI=1S/C19H21ClFN5OS/c1-11-19(23-18(27)16-9-15(10-25(2)3)24-26(16)4)28-17(22-11)7-12-5-13(20)8-14(21)6-12/h5-6,8-9H,7,10H2,1-4H3,(H,23,27). The summed E-state index contributed by atoms with van der Waals surface area (Å²) in [5, 5.41) is 9.06. The molecular weight excluding hydrogens is 401 g/mol. The van der Waals surface area contributed by atoms with E-state index in [2.05, 4.69) is 15.4 Å². The fraction of sp³-hybridized carbons (Fsp3) is 0.316. The first kappa shape index (κ1) is 20.4. The predicted octanol–water partition coefficient (Wildman–Crippen LogP) is 3.88. The highest BCUT2D eigenvalue weighted by Crippen LogP contribution is 2.27. The average molecular weight is 422 g/mol. The molecule has 0 fully saturated rings. The first-order chi connectivity index (χ1) is 13.2. The van der Waals surface area contributed by atoms with E-state index in [1.165, 1.54) is 23.5 Å². The van der Waals surface area contributed by atoms with Crippen LogP contribution in [0.5, 0.6) is 0 Å². The molecule has 28 heavy (non-hydrogen) atoms. The number of nitrogens with zero attached hydrogens (tertiary/aromatic N) is 4. The van der Waals surface area contributed by atoms with E-state index in [1.807, 2.05) is 25.9 Å². The van der Waals surface area contributed by atoms with Crippen molar-refractivity contribution in [3.8, 4) is 0 Å². The van der Waals surface area contributed by atoms with E-state index < -0.39 is 0 Å². The Kier molecular flexibility index (Phi) is 6.12. The molecule has 6 nitrogen and oxygen atoms in total. The number of nitrogens with one attached hydrogen (secondary N) is 1. The van der Waals surface area contributed by atoms with Crippen LogP contribution in [-0.4, -0.2) is 39.7 Å². The number of carbonyl (C=O) groups is 1. The molecule has 3 aromatic rings. The maximum absolute atomic E-state index is 13.5. The van der Waals surface area contributed by atoms with Crippen molar-refractivity contribution in [2.75, 3.05) is 19.4 Å². The quantitative estimate of drug-likeness (QED) is 0.656. The smallest absolute Gasteiger partial charge is 0.274 e. The van der Waals surface area contributed by atoms with Crippen LogP contribution in [0.4, 0.5) is 9.39 Å². The van der Waals surface area contributed by atoms with Gasteiger partial charge in [0.05, 0.1) is 16.4 Å². The monoisotopic (exact) mass is 421 g/mol. The highest BCUT2D eigenvalue weighted by atomic mass is 35.5. The fourth-order valence-corrected chi connectivity index (χ4v) is 4.08. The van der Waals surface area contributed by atoms with Gasteiger partial charge in [-0.3, -0.25) is 9.48 Å². The Bertz CT molecular complexity index is 994. The highest BCUT2D eigenvalue weighted by Gasteiger charge is 2.17. The van der Waals surface area contributed by atoms with Crippen molar-refractivity contribution in [2.24, 2.45) is 7.05 Å². The lowest BCUT2D eigenvalue weighted by atomic mass is 10.1. The lowest BCUT2D eigenvalue weighted by molar-refractivity contribution is 0.101. The molecule has 0 aliphatic rings. The minimum atomic E-state index is -0.381. The van der Waals surface area contributed by atoms with Gasteiger partial charge in [-0.05, 0) is 50.8 Å². The number of anilines is 1. The zero-order valence-electron chi connectivity index (χ0n) is 16.1. The van der Waals surface area contributed by atoms with E-state index >= 15 is 0 Å². The molecule has 1 aromatic carbocycles. The van der Waals surface area contributed by atoms with Gasteiger partial charge in [0.25, 0.3) is 5.91 Å². The van der Waals surface area contributed by atoms with E-state index in [1.54, 1.807) is 23.9 Å². The Morgan fingerprint density at radius 1 is 1.32 bits per heavy atom. The van der Waals surface area contributed by atoms with Crippen molar-refractivity contribution in [1.29, 1.82) is 0 Å². The molecule has 1 N–H and O–H groups in total. The second-order valence-corrected chi connectivity index (χ2v) is 8.33. The number of aryl methyl sites for hydroxylation is 2. The predicted molar refractivity (Wildman–Crippen MR) is 110 cm³/mol. The minimum Gasteiger partial charge on any atom is -0.311 e. The van der Waals surface area contributed by atoms with Crippen molar-refractivity contribution in [2.45, 2.75) is 19.9 Å². The second-order valence-electron chi connectivity index (χ2n) is 6.81. The number of aromatic nitrogens is 3. The molecule has 148 valence electrons. The Balaban J connectivity index is 1.74. The molecule has 2 heterocycles. The molecule has 0 aliphatic heterocycles. The number of halogens is 2. The third-order valence-corrected chi connectivity index (χ3v) is 5.28. The van der Waals surface area contributed by atoms with E-state index in [-0.39, 0.29) is 11.7 Å². The van der Waals surface area contributed by atoms with Gasteiger partial charge in [0, 0.05) is 25.0 Å².